The van der Waals surface area contributed by atoms with Crippen LogP contribution < -0.4 is 11.0 Å². The van der Waals surface area contributed by atoms with Gasteiger partial charge in [-0.05, 0) is 44.9 Å². The first-order chi connectivity index (χ1) is 10.2. The van der Waals surface area contributed by atoms with Crippen LogP contribution in [0, 0.1) is 0 Å². The maximum atomic E-state index is 12.0. The molecule has 2 aromatic rings. The summed E-state index contributed by atoms with van der Waals surface area (Å²) in [4.78, 5) is 14.8. The van der Waals surface area contributed by atoms with Gasteiger partial charge >= 0.3 is 5.69 Å². The first kappa shape index (κ1) is 14.4. The number of nitrogens with zero attached hydrogens (tertiary/aromatic N) is 1. The Bertz CT molecular complexity index is 653. The fourth-order valence-corrected chi connectivity index (χ4v) is 3.02. The molecular weight excluding hydrogens is 266 g/mol. The molecule has 1 fully saturated rings. The number of hydrogen-bond donors (Lipinski definition) is 2. The molecule has 21 heavy (non-hydrogen) atoms. The molecule has 1 saturated heterocycles. The van der Waals surface area contributed by atoms with Crippen LogP contribution in [0.4, 0.5) is 0 Å². The molecule has 0 spiro atoms. The molecule has 114 valence electrons. The number of ether oxygens (including phenoxy) is 1. The van der Waals surface area contributed by atoms with E-state index in [-0.39, 0.29) is 11.3 Å². The quantitative estimate of drug-likeness (QED) is 0.826. The van der Waals surface area contributed by atoms with Crippen LogP contribution in [0.2, 0.25) is 0 Å². The first-order valence-corrected chi connectivity index (χ1v) is 7.70. The maximum absolute atomic E-state index is 12.0. The van der Waals surface area contributed by atoms with Crippen molar-refractivity contribution in [1.29, 1.82) is 0 Å². The van der Waals surface area contributed by atoms with Crippen molar-refractivity contribution in [1.82, 2.24) is 14.9 Å². The molecule has 2 heterocycles. The second kappa shape index (κ2) is 6.03. The smallest absolute Gasteiger partial charge is 0.326 e. The Morgan fingerprint density at radius 1 is 1.38 bits per heavy atom. The number of benzene rings is 1. The van der Waals surface area contributed by atoms with Gasteiger partial charge < -0.3 is 15.0 Å². The molecule has 0 bridgehead atoms. The van der Waals surface area contributed by atoms with E-state index in [0.717, 1.165) is 37.0 Å². The van der Waals surface area contributed by atoms with Gasteiger partial charge in [0, 0.05) is 19.7 Å². The Morgan fingerprint density at radius 3 is 3.05 bits per heavy atom. The van der Waals surface area contributed by atoms with Crippen molar-refractivity contribution in [2.24, 2.45) is 0 Å². The molecule has 0 aliphatic carbocycles. The van der Waals surface area contributed by atoms with Crippen LogP contribution in [-0.2, 0) is 11.3 Å². The summed E-state index contributed by atoms with van der Waals surface area (Å²) >= 11 is 0. The van der Waals surface area contributed by atoms with E-state index in [1.54, 1.807) is 4.57 Å². The number of aryl methyl sites for hydroxylation is 1. The van der Waals surface area contributed by atoms with Crippen LogP contribution in [0.5, 0.6) is 0 Å². The molecule has 0 amide bonds. The lowest BCUT2D eigenvalue weighted by molar-refractivity contribution is -0.0482. The van der Waals surface area contributed by atoms with Gasteiger partial charge in [-0.25, -0.2) is 4.79 Å². The highest BCUT2D eigenvalue weighted by Crippen LogP contribution is 2.20. The Kier molecular flexibility index (Phi) is 4.12. The maximum Gasteiger partial charge on any atom is 0.326 e. The van der Waals surface area contributed by atoms with Crippen molar-refractivity contribution >= 4 is 11.0 Å². The van der Waals surface area contributed by atoms with E-state index in [1.807, 2.05) is 24.3 Å². The minimum atomic E-state index is -0.0522. The number of hydrogen-bond acceptors (Lipinski definition) is 3. The molecule has 5 nitrogen and oxygen atoms in total. The van der Waals surface area contributed by atoms with Crippen LogP contribution >= 0.6 is 0 Å². The normalized spacial score (nSPS) is 22.7. The first-order valence-electron chi connectivity index (χ1n) is 7.70. The summed E-state index contributed by atoms with van der Waals surface area (Å²) < 4.78 is 7.82. The largest absolute Gasteiger partial charge is 0.374 e. The molecule has 1 unspecified atom stereocenters. The summed E-state index contributed by atoms with van der Waals surface area (Å²) in [5, 5.41) is 3.38. The van der Waals surface area contributed by atoms with Gasteiger partial charge in [0.2, 0.25) is 0 Å². The zero-order valence-corrected chi connectivity index (χ0v) is 12.5. The monoisotopic (exact) mass is 289 g/mol. The molecule has 0 radical (unpaired) electrons. The lowest BCUT2D eigenvalue weighted by Crippen LogP contribution is -2.45. The van der Waals surface area contributed by atoms with Crippen LogP contribution in [0.15, 0.2) is 29.1 Å². The van der Waals surface area contributed by atoms with Crippen molar-refractivity contribution in [3.8, 4) is 0 Å². The van der Waals surface area contributed by atoms with Gasteiger partial charge in [0.1, 0.15) is 0 Å². The topological polar surface area (TPSA) is 59.0 Å². The number of aromatic amines is 1. The van der Waals surface area contributed by atoms with Gasteiger partial charge in [-0.1, -0.05) is 12.1 Å². The number of imidazole rings is 1. The van der Waals surface area contributed by atoms with Gasteiger partial charge in [0.25, 0.3) is 0 Å². The van der Waals surface area contributed by atoms with E-state index >= 15 is 0 Å². The second-order valence-corrected chi connectivity index (χ2v) is 6.03. The SMILES string of the molecule is CC1(OCCCn2c(=O)[nH]c3ccccc32)CCCNC1. The Labute approximate surface area is 124 Å². The van der Waals surface area contributed by atoms with Gasteiger partial charge in [0.05, 0.1) is 16.6 Å². The molecule has 1 atom stereocenters. The molecule has 1 aromatic carbocycles. The lowest BCUT2D eigenvalue weighted by atomic mass is 9.96. The highest BCUT2D eigenvalue weighted by atomic mass is 16.5. The van der Waals surface area contributed by atoms with E-state index < -0.39 is 0 Å². The Balaban J connectivity index is 1.57. The Morgan fingerprint density at radius 2 is 2.24 bits per heavy atom. The third-order valence-corrected chi connectivity index (χ3v) is 4.22. The van der Waals surface area contributed by atoms with Crippen LogP contribution in [0.1, 0.15) is 26.2 Å². The van der Waals surface area contributed by atoms with Crippen LogP contribution in [0.3, 0.4) is 0 Å². The van der Waals surface area contributed by atoms with Gasteiger partial charge in [-0.2, -0.15) is 0 Å². The summed E-state index contributed by atoms with van der Waals surface area (Å²) in [6, 6.07) is 7.79. The molecule has 1 aliphatic rings. The van der Waals surface area contributed by atoms with Gasteiger partial charge in [-0.15, -0.1) is 0 Å². The predicted molar refractivity (Wildman–Crippen MR) is 83.6 cm³/mol. The fourth-order valence-electron chi connectivity index (χ4n) is 3.02. The number of nitrogens with one attached hydrogen (secondary N) is 2. The molecular formula is C16H23N3O2. The second-order valence-electron chi connectivity index (χ2n) is 6.03. The third kappa shape index (κ3) is 3.19. The molecule has 5 heteroatoms. The van der Waals surface area contributed by atoms with Crippen molar-refractivity contribution in [3.63, 3.8) is 0 Å². The van der Waals surface area contributed by atoms with Gasteiger partial charge in [0.15, 0.2) is 0 Å². The number of aromatic nitrogens is 2. The zero-order valence-electron chi connectivity index (χ0n) is 12.5. The highest BCUT2D eigenvalue weighted by Gasteiger charge is 2.26. The van der Waals surface area contributed by atoms with Crippen molar-refractivity contribution in [3.05, 3.63) is 34.7 Å². The highest BCUT2D eigenvalue weighted by molar-refractivity contribution is 5.74. The van der Waals surface area contributed by atoms with E-state index in [1.165, 1.54) is 6.42 Å². The van der Waals surface area contributed by atoms with E-state index in [0.29, 0.717) is 13.2 Å². The standard InChI is InChI=1S/C16H23N3O2/c1-16(8-4-9-17-12-16)21-11-5-10-19-14-7-3-2-6-13(14)18-15(19)20/h2-3,6-7,17H,4-5,8-12H2,1H3,(H,18,20). The number of fused-ring (bicyclic) bond motifs is 1. The van der Waals surface area contributed by atoms with E-state index in [9.17, 15) is 4.79 Å². The van der Waals surface area contributed by atoms with Crippen molar-refractivity contribution in [2.75, 3.05) is 19.7 Å². The van der Waals surface area contributed by atoms with Crippen molar-refractivity contribution in [2.45, 2.75) is 38.3 Å². The summed E-state index contributed by atoms with van der Waals surface area (Å²) in [6.45, 7) is 5.54. The molecule has 3 rings (SSSR count). The number of rotatable bonds is 5. The molecule has 2 N–H and O–H groups in total. The minimum absolute atomic E-state index is 0.0401. The zero-order chi connectivity index (χ0) is 14.7. The summed E-state index contributed by atoms with van der Waals surface area (Å²) in [7, 11) is 0. The minimum Gasteiger partial charge on any atom is -0.374 e. The van der Waals surface area contributed by atoms with Crippen LogP contribution in [0.25, 0.3) is 11.0 Å². The third-order valence-electron chi connectivity index (χ3n) is 4.22. The number of para-hydroxylation sites is 2. The molecule has 1 aliphatic heterocycles. The van der Waals surface area contributed by atoms with Gasteiger partial charge in [-0.3, -0.25) is 4.57 Å². The van der Waals surface area contributed by atoms with Crippen LogP contribution in [-0.4, -0.2) is 34.8 Å². The molecule has 0 saturated carbocycles. The predicted octanol–water partition coefficient (Wildman–Crippen LogP) is 1.88. The summed E-state index contributed by atoms with van der Waals surface area (Å²) in [5.74, 6) is 0. The molecule has 1 aromatic heterocycles. The number of piperidine rings is 1. The Hall–Kier alpha value is -1.59. The average Bonchev–Trinajstić information content (AvgIpc) is 2.80. The van der Waals surface area contributed by atoms with E-state index in [2.05, 4.69) is 17.2 Å². The van der Waals surface area contributed by atoms with E-state index in [4.69, 9.17) is 4.74 Å². The summed E-state index contributed by atoms with van der Waals surface area (Å²) in [6.07, 6.45) is 3.11. The number of H-pyrrole nitrogens is 1. The lowest BCUT2D eigenvalue weighted by Gasteiger charge is -2.34. The average molecular weight is 289 g/mol. The fraction of sp³-hybridized carbons (Fsp3) is 0.562. The van der Waals surface area contributed by atoms with Crippen molar-refractivity contribution < 1.29 is 4.74 Å². The summed E-state index contributed by atoms with van der Waals surface area (Å²) in [5.41, 5.74) is 1.77.